The van der Waals surface area contributed by atoms with Gasteiger partial charge in [-0.1, -0.05) is 50.9 Å². The van der Waals surface area contributed by atoms with Crippen molar-refractivity contribution in [1.29, 1.82) is 0 Å². The Balaban J connectivity index is 1.75. The molecular weight excluding hydrogens is 378 g/mol. The molecule has 0 bridgehead atoms. The molecule has 1 amide bonds. The van der Waals surface area contributed by atoms with Crippen LogP contribution in [0, 0.1) is 6.92 Å². The van der Waals surface area contributed by atoms with Crippen molar-refractivity contribution in [3.05, 3.63) is 59.4 Å². The molecule has 0 aliphatic rings. The fraction of sp³-hybridized carbons (Fsp3) is 0.375. The van der Waals surface area contributed by atoms with Gasteiger partial charge in [0.15, 0.2) is 5.82 Å². The van der Waals surface area contributed by atoms with Crippen LogP contribution >= 0.6 is 0 Å². The van der Waals surface area contributed by atoms with Crippen LogP contribution in [0.4, 0.5) is 5.69 Å². The maximum absolute atomic E-state index is 12.9. The van der Waals surface area contributed by atoms with Crippen LogP contribution in [0.1, 0.15) is 67.7 Å². The first-order valence-corrected chi connectivity index (χ1v) is 10.5. The Kier molecular flexibility index (Phi) is 7.22. The number of hydrogen-bond donors (Lipinski definition) is 1. The summed E-state index contributed by atoms with van der Waals surface area (Å²) >= 11 is 0. The standard InChI is InChI=1S/C24H29N3O3/c1-5-6-7-15-29-19-13-11-18(12-14-19)23(28)25-21-17(4)9-8-10-20(21)24-26-22(16(2)3)27-30-24/h8-14,16H,5-7,15H2,1-4H3,(H,25,28). The Bertz CT molecular complexity index is 978. The molecule has 158 valence electrons. The molecule has 6 nitrogen and oxygen atoms in total. The Morgan fingerprint density at radius 2 is 1.90 bits per heavy atom. The number of hydrogen-bond acceptors (Lipinski definition) is 5. The highest BCUT2D eigenvalue weighted by molar-refractivity contribution is 6.06. The van der Waals surface area contributed by atoms with Gasteiger partial charge in [-0.3, -0.25) is 4.79 Å². The summed E-state index contributed by atoms with van der Waals surface area (Å²) in [6.07, 6.45) is 3.34. The molecular formula is C24H29N3O3. The minimum atomic E-state index is -0.202. The van der Waals surface area contributed by atoms with Gasteiger partial charge in [0.25, 0.3) is 11.8 Å². The van der Waals surface area contributed by atoms with Crippen LogP contribution in [0.2, 0.25) is 0 Å². The smallest absolute Gasteiger partial charge is 0.260 e. The van der Waals surface area contributed by atoms with Crippen LogP contribution in [0.5, 0.6) is 5.75 Å². The molecule has 0 radical (unpaired) electrons. The van der Waals surface area contributed by atoms with Crippen molar-refractivity contribution < 1.29 is 14.1 Å². The molecule has 2 aromatic carbocycles. The number of benzene rings is 2. The number of para-hydroxylation sites is 1. The van der Waals surface area contributed by atoms with Gasteiger partial charge < -0.3 is 14.6 Å². The maximum Gasteiger partial charge on any atom is 0.260 e. The lowest BCUT2D eigenvalue weighted by molar-refractivity contribution is 0.102. The largest absolute Gasteiger partial charge is 0.494 e. The van der Waals surface area contributed by atoms with Gasteiger partial charge in [0.1, 0.15) is 5.75 Å². The normalized spacial score (nSPS) is 11.0. The van der Waals surface area contributed by atoms with Crippen molar-refractivity contribution in [3.63, 3.8) is 0 Å². The van der Waals surface area contributed by atoms with E-state index in [1.165, 1.54) is 0 Å². The summed E-state index contributed by atoms with van der Waals surface area (Å²) in [5.74, 6) is 1.76. The molecule has 1 aromatic heterocycles. The Morgan fingerprint density at radius 3 is 2.57 bits per heavy atom. The average Bonchev–Trinajstić information content (AvgIpc) is 3.23. The van der Waals surface area contributed by atoms with Crippen molar-refractivity contribution in [2.75, 3.05) is 11.9 Å². The third-order valence-corrected chi connectivity index (χ3v) is 4.83. The van der Waals surface area contributed by atoms with E-state index in [2.05, 4.69) is 22.4 Å². The molecule has 3 rings (SSSR count). The first kappa shape index (κ1) is 21.6. The number of carbonyl (C=O) groups is 1. The molecule has 0 spiro atoms. The van der Waals surface area contributed by atoms with Crippen molar-refractivity contribution in [3.8, 4) is 17.2 Å². The number of anilines is 1. The van der Waals surface area contributed by atoms with Gasteiger partial charge in [-0.25, -0.2) is 0 Å². The molecule has 1 heterocycles. The van der Waals surface area contributed by atoms with Gasteiger partial charge in [0.2, 0.25) is 0 Å². The molecule has 1 N–H and O–H groups in total. The third-order valence-electron chi connectivity index (χ3n) is 4.83. The summed E-state index contributed by atoms with van der Waals surface area (Å²) in [5.41, 5.74) is 2.85. The molecule has 0 aliphatic heterocycles. The lowest BCUT2D eigenvalue weighted by atomic mass is 10.1. The number of amides is 1. The van der Waals surface area contributed by atoms with Crippen molar-refractivity contribution in [2.45, 2.75) is 52.9 Å². The third kappa shape index (κ3) is 5.26. The first-order chi connectivity index (χ1) is 14.5. The number of aryl methyl sites for hydroxylation is 1. The number of nitrogens with zero attached hydrogens (tertiary/aromatic N) is 2. The summed E-state index contributed by atoms with van der Waals surface area (Å²) < 4.78 is 11.2. The second-order valence-corrected chi connectivity index (χ2v) is 7.64. The minimum Gasteiger partial charge on any atom is -0.494 e. The number of rotatable bonds is 9. The topological polar surface area (TPSA) is 77.2 Å². The van der Waals surface area contributed by atoms with E-state index in [9.17, 15) is 4.79 Å². The van der Waals surface area contributed by atoms with Crippen LogP contribution in [0.15, 0.2) is 47.0 Å². The fourth-order valence-corrected chi connectivity index (χ4v) is 3.02. The molecule has 0 saturated carbocycles. The lowest BCUT2D eigenvalue weighted by Crippen LogP contribution is -2.13. The second kappa shape index (κ2) is 10.1. The molecule has 0 atom stereocenters. The predicted molar refractivity (Wildman–Crippen MR) is 118 cm³/mol. The van der Waals surface area contributed by atoms with Crippen LogP contribution < -0.4 is 10.1 Å². The van der Waals surface area contributed by atoms with E-state index in [1.807, 2.05) is 51.1 Å². The van der Waals surface area contributed by atoms with Crippen LogP contribution in [0.25, 0.3) is 11.5 Å². The molecule has 0 unspecified atom stereocenters. The lowest BCUT2D eigenvalue weighted by Gasteiger charge is -2.12. The molecule has 0 fully saturated rings. The van der Waals surface area contributed by atoms with Crippen LogP contribution in [0.3, 0.4) is 0 Å². The van der Waals surface area contributed by atoms with E-state index in [1.54, 1.807) is 12.1 Å². The Labute approximate surface area is 177 Å². The number of ether oxygens (including phenoxy) is 1. The van der Waals surface area contributed by atoms with Gasteiger partial charge in [0, 0.05) is 11.5 Å². The number of aromatic nitrogens is 2. The van der Waals surface area contributed by atoms with Crippen molar-refractivity contribution >= 4 is 11.6 Å². The van der Waals surface area contributed by atoms with E-state index >= 15 is 0 Å². The van der Waals surface area contributed by atoms with Crippen LogP contribution in [-0.4, -0.2) is 22.7 Å². The zero-order valence-electron chi connectivity index (χ0n) is 18.1. The molecule has 6 heteroatoms. The predicted octanol–water partition coefficient (Wildman–Crippen LogP) is 5.99. The van der Waals surface area contributed by atoms with E-state index < -0.39 is 0 Å². The molecule has 0 saturated heterocycles. The van der Waals surface area contributed by atoms with Crippen molar-refractivity contribution in [1.82, 2.24) is 10.1 Å². The Morgan fingerprint density at radius 1 is 1.13 bits per heavy atom. The van der Waals surface area contributed by atoms with Gasteiger partial charge in [0.05, 0.1) is 17.9 Å². The minimum absolute atomic E-state index is 0.160. The number of carbonyl (C=O) groups excluding carboxylic acids is 1. The molecule has 30 heavy (non-hydrogen) atoms. The quantitative estimate of drug-likeness (QED) is 0.441. The van der Waals surface area contributed by atoms with Crippen molar-refractivity contribution in [2.24, 2.45) is 0 Å². The number of nitrogens with one attached hydrogen (secondary N) is 1. The highest BCUT2D eigenvalue weighted by Crippen LogP contribution is 2.31. The van der Waals surface area contributed by atoms with E-state index in [0.29, 0.717) is 35.1 Å². The number of unbranched alkanes of at least 4 members (excludes halogenated alkanes) is 2. The van der Waals surface area contributed by atoms with Crippen LogP contribution in [-0.2, 0) is 0 Å². The van der Waals surface area contributed by atoms with E-state index in [4.69, 9.17) is 9.26 Å². The second-order valence-electron chi connectivity index (χ2n) is 7.64. The van der Waals surface area contributed by atoms with E-state index in [-0.39, 0.29) is 11.8 Å². The summed E-state index contributed by atoms with van der Waals surface area (Å²) in [7, 11) is 0. The highest BCUT2D eigenvalue weighted by atomic mass is 16.5. The Hall–Kier alpha value is -3.15. The maximum atomic E-state index is 12.9. The first-order valence-electron chi connectivity index (χ1n) is 10.5. The van der Waals surface area contributed by atoms with Gasteiger partial charge in [-0.2, -0.15) is 4.98 Å². The fourth-order valence-electron chi connectivity index (χ4n) is 3.02. The van der Waals surface area contributed by atoms with Gasteiger partial charge in [-0.15, -0.1) is 0 Å². The summed E-state index contributed by atoms with van der Waals surface area (Å²) in [6.45, 7) is 8.80. The summed E-state index contributed by atoms with van der Waals surface area (Å²) in [4.78, 5) is 17.3. The SMILES string of the molecule is CCCCCOc1ccc(C(=O)Nc2c(C)cccc2-c2nc(C(C)C)no2)cc1. The monoisotopic (exact) mass is 407 g/mol. The average molecular weight is 408 g/mol. The van der Waals surface area contributed by atoms with Gasteiger partial charge >= 0.3 is 0 Å². The van der Waals surface area contributed by atoms with Gasteiger partial charge in [-0.05, 0) is 49.2 Å². The van der Waals surface area contributed by atoms with E-state index in [0.717, 1.165) is 30.6 Å². The molecule has 0 aliphatic carbocycles. The summed E-state index contributed by atoms with van der Waals surface area (Å²) in [5, 5.41) is 7.04. The highest BCUT2D eigenvalue weighted by Gasteiger charge is 2.18. The zero-order valence-corrected chi connectivity index (χ0v) is 18.1. The summed E-state index contributed by atoms with van der Waals surface area (Å²) in [6, 6.07) is 12.9. The zero-order chi connectivity index (χ0) is 21.5. The molecule has 3 aromatic rings.